The summed E-state index contributed by atoms with van der Waals surface area (Å²) in [5.41, 5.74) is 3.33. The summed E-state index contributed by atoms with van der Waals surface area (Å²) < 4.78 is 0. The number of hydrogen-bond acceptors (Lipinski definition) is 2. The molecule has 0 spiro atoms. The van der Waals surface area contributed by atoms with Crippen LogP contribution >= 0.6 is 0 Å². The van der Waals surface area contributed by atoms with Gasteiger partial charge in [-0.25, -0.2) is 0 Å². The molecule has 152 valence electrons. The lowest BCUT2D eigenvalue weighted by molar-refractivity contribution is -0.121. The van der Waals surface area contributed by atoms with Crippen LogP contribution in [0.25, 0.3) is 0 Å². The molecule has 0 bridgehead atoms. The van der Waals surface area contributed by atoms with Crippen molar-refractivity contribution in [1.29, 1.82) is 0 Å². The molecular weight excluding hydrogens is 360 g/mol. The summed E-state index contributed by atoms with van der Waals surface area (Å²) in [5.74, 6) is 0.255. The van der Waals surface area contributed by atoms with Gasteiger partial charge >= 0.3 is 0 Å². The molecule has 0 radical (unpaired) electrons. The van der Waals surface area contributed by atoms with Gasteiger partial charge in [0.2, 0.25) is 11.8 Å². The van der Waals surface area contributed by atoms with Crippen molar-refractivity contribution < 1.29 is 9.59 Å². The van der Waals surface area contributed by atoms with Gasteiger partial charge in [0.05, 0.1) is 6.42 Å². The Bertz CT molecular complexity index is 839. The molecule has 1 heterocycles. The van der Waals surface area contributed by atoms with Crippen molar-refractivity contribution >= 4 is 17.5 Å². The Kier molecular flexibility index (Phi) is 5.98. The molecule has 1 saturated carbocycles. The molecule has 1 aliphatic carbocycles. The summed E-state index contributed by atoms with van der Waals surface area (Å²) in [7, 11) is 0. The van der Waals surface area contributed by atoms with Crippen molar-refractivity contribution in [2.45, 2.75) is 56.8 Å². The van der Waals surface area contributed by atoms with Crippen LogP contribution in [0.15, 0.2) is 54.6 Å². The maximum atomic E-state index is 12.6. The minimum Gasteiger partial charge on any atom is -0.355 e. The normalized spacial score (nSPS) is 18.6. The fourth-order valence-electron chi connectivity index (χ4n) is 4.82. The van der Waals surface area contributed by atoms with Crippen LogP contribution in [-0.2, 0) is 21.4 Å². The number of rotatable bonds is 6. The second-order valence-electron chi connectivity index (χ2n) is 8.48. The molecule has 1 saturated heterocycles. The van der Waals surface area contributed by atoms with E-state index in [0.29, 0.717) is 19.4 Å². The van der Waals surface area contributed by atoms with Crippen molar-refractivity contribution in [3.8, 4) is 0 Å². The number of benzene rings is 2. The van der Waals surface area contributed by atoms with E-state index in [1.807, 2.05) is 29.2 Å². The minimum atomic E-state index is 0.0646. The first-order valence-electron chi connectivity index (χ1n) is 10.9. The van der Waals surface area contributed by atoms with Crippen LogP contribution in [0, 0.1) is 0 Å². The van der Waals surface area contributed by atoms with E-state index in [4.69, 9.17) is 0 Å². The van der Waals surface area contributed by atoms with E-state index in [9.17, 15) is 9.59 Å². The Morgan fingerprint density at radius 2 is 1.66 bits per heavy atom. The number of nitrogens with zero attached hydrogens (tertiary/aromatic N) is 1. The molecule has 1 N–H and O–H groups in total. The summed E-state index contributed by atoms with van der Waals surface area (Å²) in [6.07, 6.45) is 7.93. The molecule has 29 heavy (non-hydrogen) atoms. The van der Waals surface area contributed by atoms with Crippen molar-refractivity contribution in [2.24, 2.45) is 0 Å². The molecule has 4 rings (SSSR count). The number of anilines is 1. The SMILES string of the molecule is O=C(Cc1ccc(N2CCCC2=O)cc1)NCC1(c2ccccc2)CCCCC1. The number of carbonyl (C=O) groups excluding carboxylic acids is 2. The van der Waals surface area contributed by atoms with Crippen molar-refractivity contribution in [3.05, 3.63) is 65.7 Å². The zero-order valence-corrected chi connectivity index (χ0v) is 17.0. The van der Waals surface area contributed by atoms with Gasteiger partial charge in [-0.3, -0.25) is 9.59 Å². The number of amides is 2. The van der Waals surface area contributed by atoms with E-state index >= 15 is 0 Å². The van der Waals surface area contributed by atoms with Crippen LogP contribution in [0.2, 0.25) is 0 Å². The van der Waals surface area contributed by atoms with Crippen LogP contribution in [-0.4, -0.2) is 24.9 Å². The number of hydrogen-bond donors (Lipinski definition) is 1. The third-order valence-corrected chi connectivity index (χ3v) is 6.51. The first kappa shape index (κ1) is 19.7. The summed E-state index contributed by atoms with van der Waals surface area (Å²) in [6.45, 7) is 1.50. The summed E-state index contributed by atoms with van der Waals surface area (Å²) in [4.78, 5) is 26.4. The molecule has 2 fully saturated rings. The first-order chi connectivity index (χ1) is 14.2. The molecule has 2 aliphatic rings. The average molecular weight is 391 g/mol. The molecule has 0 atom stereocenters. The molecule has 1 aliphatic heterocycles. The van der Waals surface area contributed by atoms with Gasteiger partial charge in [-0.1, -0.05) is 61.7 Å². The summed E-state index contributed by atoms with van der Waals surface area (Å²) in [5, 5.41) is 3.21. The highest BCUT2D eigenvalue weighted by molar-refractivity contribution is 5.95. The lowest BCUT2D eigenvalue weighted by Gasteiger charge is -2.38. The third kappa shape index (κ3) is 4.52. The fourth-order valence-corrected chi connectivity index (χ4v) is 4.82. The quantitative estimate of drug-likeness (QED) is 0.796. The van der Waals surface area contributed by atoms with E-state index in [0.717, 1.165) is 37.1 Å². The number of carbonyl (C=O) groups is 2. The van der Waals surface area contributed by atoms with Crippen molar-refractivity contribution in [2.75, 3.05) is 18.0 Å². The highest BCUT2D eigenvalue weighted by Crippen LogP contribution is 2.38. The predicted molar refractivity (Wildman–Crippen MR) is 116 cm³/mol. The zero-order valence-electron chi connectivity index (χ0n) is 17.0. The highest BCUT2D eigenvalue weighted by atomic mass is 16.2. The van der Waals surface area contributed by atoms with Gasteiger partial charge in [-0.2, -0.15) is 0 Å². The molecule has 4 nitrogen and oxygen atoms in total. The fraction of sp³-hybridized carbons (Fsp3) is 0.440. The highest BCUT2D eigenvalue weighted by Gasteiger charge is 2.34. The van der Waals surface area contributed by atoms with Gasteiger partial charge in [-0.05, 0) is 42.5 Å². The molecule has 4 heteroatoms. The van der Waals surface area contributed by atoms with Crippen LogP contribution in [0.3, 0.4) is 0 Å². The minimum absolute atomic E-state index is 0.0646. The van der Waals surface area contributed by atoms with Crippen molar-refractivity contribution in [1.82, 2.24) is 5.32 Å². The summed E-state index contributed by atoms with van der Waals surface area (Å²) in [6, 6.07) is 18.5. The second-order valence-corrected chi connectivity index (χ2v) is 8.48. The van der Waals surface area contributed by atoms with E-state index in [1.54, 1.807) is 0 Å². The molecule has 2 aromatic rings. The Balaban J connectivity index is 1.37. The van der Waals surface area contributed by atoms with Crippen LogP contribution in [0.1, 0.15) is 56.1 Å². The van der Waals surface area contributed by atoms with Gasteiger partial charge < -0.3 is 10.2 Å². The van der Waals surface area contributed by atoms with Crippen LogP contribution < -0.4 is 10.2 Å². The maximum absolute atomic E-state index is 12.6. The first-order valence-corrected chi connectivity index (χ1v) is 10.9. The van der Waals surface area contributed by atoms with Crippen LogP contribution in [0.5, 0.6) is 0 Å². The second kappa shape index (κ2) is 8.81. The van der Waals surface area contributed by atoms with Gasteiger partial charge in [0.1, 0.15) is 0 Å². The van der Waals surface area contributed by atoms with Crippen molar-refractivity contribution in [3.63, 3.8) is 0 Å². The van der Waals surface area contributed by atoms with E-state index in [1.165, 1.54) is 24.8 Å². The van der Waals surface area contributed by atoms with Crippen LogP contribution in [0.4, 0.5) is 5.69 Å². The smallest absolute Gasteiger partial charge is 0.227 e. The largest absolute Gasteiger partial charge is 0.355 e. The molecular formula is C25H30N2O2. The monoisotopic (exact) mass is 390 g/mol. The Labute approximate surface area is 173 Å². The Hall–Kier alpha value is -2.62. The van der Waals surface area contributed by atoms with Gasteiger partial charge in [0, 0.05) is 30.6 Å². The van der Waals surface area contributed by atoms with E-state index in [-0.39, 0.29) is 17.2 Å². The Morgan fingerprint density at radius 3 is 2.31 bits per heavy atom. The maximum Gasteiger partial charge on any atom is 0.227 e. The molecule has 0 unspecified atom stereocenters. The average Bonchev–Trinajstić information content (AvgIpc) is 3.20. The molecule has 2 amide bonds. The lowest BCUT2D eigenvalue weighted by Crippen LogP contribution is -2.42. The zero-order chi connectivity index (χ0) is 20.1. The van der Waals surface area contributed by atoms with Gasteiger partial charge in [0.25, 0.3) is 0 Å². The topological polar surface area (TPSA) is 49.4 Å². The standard InChI is InChI=1S/C25H30N2O2/c28-23(18-20-11-13-22(14-12-20)27-17-7-10-24(27)29)26-19-25(15-5-2-6-16-25)21-8-3-1-4-9-21/h1,3-4,8-9,11-14H,2,5-7,10,15-19H2,(H,26,28). The third-order valence-electron chi connectivity index (χ3n) is 6.51. The predicted octanol–water partition coefficient (Wildman–Crippen LogP) is 4.37. The van der Waals surface area contributed by atoms with Gasteiger partial charge in [-0.15, -0.1) is 0 Å². The van der Waals surface area contributed by atoms with E-state index in [2.05, 4.69) is 35.6 Å². The summed E-state index contributed by atoms with van der Waals surface area (Å²) >= 11 is 0. The molecule has 2 aromatic carbocycles. The Morgan fingerprint density at radius 1 is 0.931 bits per heavy atom. The number of nitrogens with one attached hydrogen (secondary N) is 1. The van der Waals surface area contributed by atoms with E-state index < -0.39 is 0 Å². The lowest BCUT2D eigenvalue weighted by atomic mass is 9.69. The van der Waals surface area contributed by atoms with Gasteiger partial charge in [0.15, 0.2) is 0 Å². The molecule has 0 aromatic heterocycles.